The minimum Gasteiger partial charge on any atom is -0.387 e. The second kappa shape index (κ2) is 11.6. The molecule has 0 saturated heterocycles. The van der Waals surface area contributed by atoms with Gasteiger partial charge in [0.25, 0.3) is 0 Å². The highest BCUT2D eigenvalue weighted by atomic mass is 31.3. The Morgan fingerprint density at radius 3 is 0.917 bits per heavy atom. The molecule has 0 aromatic heterocycles. The van der Waals surface area contributed by atoms with Crippen molar-refractivity contribution < 1.29 is 113 Å². The second-order valence-corrected chi connectivity index (χ2v) is 13.9. The van der Waals surface area contributed by atoms with E-state index in [1.165, 1.54) is 0 Å². The van der Waals surface area contributed by atoms with Gasteiger partial charge < -0.3 is 58.9 Å². The zero-order chi connectivity index (χ0) is 28.7. The average Bonchev–Trinajstić information content (AvgIpc) is 2.51. The van der Waals surface area contributed by atoms with Gasteiger partial charge in [0, 0.05) is 0 Å². The summed E-state index contributed by atoms with van der Waals surface area (Å²) in [5.74, 6) is 0. The van der Waals surface area contributed by atoms with E-state index in [9.17, 15) is 37.4 Å². The van der Waals surface area contributed by atoms with Crippen molar-refractivity contribution in [2.75, 3.05) is 0 Å². The SMILES string of the molecule is O=P(O)(O)O[C@@H]1[C@H](OP(=O)(O)O)[C@H](OP(=O)(O)O)[C@@H](O)[C@H](OP(=O)(O)O)[C@H]1OP(=O)(O)OP(=O)(O)O. The van der Waals surface area contributed by atoms with Gasteiger partial charge in [-0.1, -0.05) is 0 Å². The Kier molecular flexibility index (Phi) is 11.2. The zero-order valence-corrected chi connectivity index (χ0v) is 21.8. The van der Waals surface area contributed by atoms with Crippen LogP contribution in [0.25, 0.3) is 0 Å². The number of hydrogen-bond donors (Lipinski definition) is 12. The van der Waals surface area contributed by atoms with Gasteiger partial charge >= 0.3 is 46.9 Å². The highest BCUT2D eigenvalue weighted by molar-refractivity contribution is 7.60. The molecule has 30 heteroatoms. The van der Waals surface area contributed by atoms with Crippen LogP contribution in [-0.4, -0.2) is 95.6 Å². The van der Waals surface area contributed by atoms with Crippen molar-refractivity contribution in [1.82, 2.24) is 0 Å². The minimum absolute atomic E-state index is 2.98. The molecule has 0 aromatic carbocycles. The first-order valence-corrected chi connectivity index (χ1v) is 17.2. The Morgan fingerprint density at radius 1 is 0.389 bits per heavy atom. The van der Waals surface area contributed by atoms with E-state index in [2.05, 4.69) is 26.9 Å². The summed E-state index contributed by atoms with van der Waals surface area (Å²) in [6.07, 6.45) is -18.4. The maximum Gasteiger partial charge on any atom is 0.481 e. The highest BCUT2D eigenvalue weighted by Crippen LogP contribution is 2.61. The molecule has 24 nitrogen and oxygen atoms in total. The lowest BCUT2D eigenvalue weighted by atomic mass is 9.85. The molecule has 216 valence electrons. The number of phosphoric acid groups is 6. The van der Waals surface area contributed by atoms with Gasteiger partial charge in [-0.05, 0) is 0 Å². The standard InChI is InChI=1S/C6H18O24P6/c7-1-2(25-31(8,9)10)4(27-33(14,15)16)6(28-34(17,18)19)5(3(1)26-32(11,12)13)29-36(23,24)30-35(20,21)22/h1-7H,(H,23,24)(H2,8,9,10)(H2,11,12,13)(H2,14,15,16)(H2,17,18,19)(H2,20,21,22)/t1-,2-,3+,4-,5-,6-/m1/s1. The third kappa shape index (κ3) is 12.7. The summed E-state index contributed by atoms with van der Waals surface area (Å²) in [4.78, 5) is 99.6. The quantitative estimate of drug-likeness (QED) is 0.0920. The van der Waals surface area contributed by atoms with Gasteiger partial charge in [-0.3, -0.25) is 22.6 Å². The van der Waals surface area contributed by atoms with Crippen LogP contribution in [-0.2, 0) is 54.3 Å². The van der Waals surface area contributed by atoms with Gasteiger partial charge in [0.2, 0.25) is 0 Å². The summed E-state index contributed by atoms with van der Waals surface area (Å²) in [5, 5.41) is 10.4. The molecule has 0 aromatic rings. The Morgan fingerprint density at radius 2 is 0.639 bits per heavy atom. The van der Waals surface area contributed by atoms with Crippen LogP contribution in [0.4, 0.5) is 0 Å². The third-order valence-electron chi connectivity index (χ3n) is 3.47. The van der Waals surface area contributed by atoms with Gasteiger partial charge in [-0.25, -0.2) is 27.4 Å². The van der Waals surface area contributed by atoms with Crippen molar-refractivity contribution in [3.8, 4) is 0 Å². The van der Waals surface area contributed by atoms with E-state index in [0.29, 0.717) is 0 Å². The molecule has 0 heterocycles. The molecule has 0 radical (unpaired) electrons. The molecule has 12 N–H and O–H groups in total. The highest BCUT2D eigenvalue weighted by Gasteiger charge is 2.61. The molecule has 1 aliphatic rings. The maximum atomic E-state index is 12.0. The molecule has 1 saturated carbocycles. The van der Waals surface area contributed by atoms with Crippen molar-refractivity contribution >= 4 is 46.9 Å². The molecule has 0 bridgehead atoms. The van der Waals surface area contributed by atoms with Crippen LogP contribution in [0.3, 0.4) is 0 Å². The summed E-state index contributed by atoms with van der Waals surface area (Å²) in [6, 6.07) is 0. The summed E-state index contributed by atoms with van der Waals surface area (Å²) in [6.45, 7) is 0. The molecule has 1 fully saturated rings. The Balaban J connectivity index is 3.85. The summed E-state index contributed by atoms with van der Waals surface area (Å²) in [5.41, 5.74) is 0. The predicted octanol–water partition coefficient (Wildman–Crippen LogP) is -3.13. The van der Waals surface area contributed by atoms with Crippen LogP contribution in [0.1, 0.15) is 0 Å². The number of phosphoric ester groups is 5. The van der Waals surface area contributed by atoms with E-state index in [0.717, 1.165) is 0 Å². The lowest BCUT2D eigenvalue weighted by molar-refractivity contribution is -0.205. The topological polar surface area (TPSA) is 401 Å². The monoisotopic (exact) mass is 660 g/mol. The van der Waals surface area contributed by atoms with Gasteiger partial charge in [0.15, 0.2) is 0 Å². The Bertz CT molecular complexity index is 1050. The lowest BCUT2D eigenvalue weighted by Gasteiger charge is -2.47. The van der Waals surface area contributed by atoms with E-state index >= 15 is 0 Å². The fourth-order valence-corrected chi connectivity index (χ4v) is 6.70. The largest absolute Gasteiger partial charge is 0.481 e. The zero-order valence-electron chi connectivity index (χ0n) is 16.4. The number of hydrogen-bond acceptors (Lipinski definition) is 13. The lowest BCUT2D eigenvalue weighted by Crippen LogP contribution is -2.66. The van der Waals surface area contributed by atoms with Crippen LogP contribution >= 0.6 is 46.9 Å². The van der Waals surface area contributed by atoms with Crippen LogP contribution < -0.4 is 0 Å². The molecular formula is C6H18O24P6. The summed E-state index contributed by atoms with van der Waals surface area (Å²) in [7, 11) is -36.0. The Labute approximate surface area is 197 Å². The normalized spacial score (nSPS) is 30.7. The van der Waals surface area contributed by atoms with Crippen molar-refractivity contribution in [3.05, 3.63) is 0 Å². The first-order valence-electron chi connectivity index (χ1n) is 8.01. The molecule has 0 spiro atoms. The van der Waals surface area contributed by atoms with Gasteiger partial charge in [0.1, 0.15) is 36.6 Å². The van der Waals surface area contributed by atoms with Crippen molar-refractivity contribution in [1.29, 1.82) is 0 Å². The van der Waals surface area contributed by atoms with Crippen LogP contribution in [0.2, 0.25) is 0 Å². The summed E-state index contributed by atoms with van der Waals surface area (Å²) >= 11 is 0. The van der Waals surface area contributed by atoms with Crippen molar-refractivity contribution in [2.45, 2.75) is 36.6 Å². The number of aliphatic hydroxyl groups excluding tert-OH is 1. The minimum atomic E-state index is -6.24. The van der Waals surface area contributed by atoms with Crippen molar-refractivity contribution in [2.24, 2.45) is 0 Å². The van der Waals surface area contributed by atoms with Gasteiger partial charge in [-0.15, -0.1) is 0 Å². The summed E-state index contributed by atoms with van der Waals surface area (Å²) < 4.78 is 92.2. The van der Waals surface area contributed by atoms with Crippen LogP contribution in [0, 0.1) is 0 Å². The van der Waals surface area contributed by atoms with Gasteiger partial charge in [-0.2, -0.15) is 4.31 Å². The van der Waals surface area contributed by atoms with Crippen LogP contribution in [0.5, 0.6) is 0 Å². The Hall–Kier alpha value is 0.660. The molecule has 36 heavy (non-hydrogen) atoms. The molecule has 0 amide bonds. The van der Waals surface area contributed by atoms with E-state index in [4.69, 9.17) is 48.9 Å². The smallest absolute Gasteiger partial charge is 0.387 e. The number of rotatable bonds is 12. The number of aliphatic hydroxyl groups is 1. The molecular weight excluding hydrogens is 642 g/mol. The van der Waals surface area contributed by atoms with E-state index in [1.807, 2.05) is 0 Å². The molecule has 1 rings (SSSR count). The van der Waals surface area contributed by atoms with E-state index in [1.54, 1.807) is 0 Å². The predicted molar refractivity (Wildman–Crippen MR) is 102 cm³/mol. The maximum absolute atomic E-state index is 12.0. The van der Waals surface area contributed by atoms with Gasteiger partial charge in [0.05, 0.1) is 0 Å². The van der Waals surface area contributed by atoms with Crippen molar-refractivity contribution in [3.63, 3.8) is 0 Å². The fourth-order valence-electron chi connectivity index (χ4n) is 2.68. The second-order valence-electron chi connectivity index (χ2n) is 6.34. The first-order chi connectivity index (χ1) is 15.6. The molecule has 1 aliphatic carbocycles. The molecule has 0 aliphatic heterocycles. The third-order valence-corrected chi connectivity index (χ3v) is 7.73. The average molecular weight is 660 g/mol. The first kappa shape index (κ1) is 34.7. The molecule has 1 unspecified atom stereocenters. The fraction of sp³-hybridized carbons (Fsp3) is 1.00. The van der Waals surface area contributed by atoms with E-state index in [-0.39, 0.29) is 0 Å². The van der Waals surface area contributed by atoms with E-state index < -0.39 is 83.6 Å². The van der Waals surface area contributed by atoms with Crippen LogP contribution in [0.15, 0.2) is 0 Å². The molecule has 7 atom stereocenters.